The van der Waals surface area contributed by atoms with Crippen molar-refractivity contribution in [2.45, 2.75) is 62.0 Å². The van der Waals surface area contributed by atoms with Gasteiger partial charge >= 0.3 is 5.69 Å². The van der Waals surface area contributed by atoms with Crippen LogP contribution in [0.5, 0.6) is 0 Å². The Bertz CT molecular complexity index is 915. The van der Waals surface area contributed by atoms with Crippen LogP contribution in [0.15, 0.2) is 33.9 Å². The van der Waals surface area contributed by atoms with Gasteiger partial charge in [0.1, 0.15) is 0 Å². The van der Waals surface area contributed by atoms with Gasteiger partial charge in [-0.1, -0.05) is 49.1 Å². The molecular weight excluding hydrogens is 368 g/mol. The molecule has 0 saturated heterocycles. The Kier molecular flexibility index (Phi) is 5.28. The maximum Gasteiger partial charge on any atom is 0.328 e. The summed E-state index contributed by atoms with van der Waals surface area (Å²) in [4.78, 5) is 28.7. The lowest BCUT2D eigenvalue weighted by atomic mass is 9.95. The molecule has 0 aliphatic heterocycles. The number of H-pyrrole nitrogens is 1. The van der Waals surface area contributed by atoms with Gasteiger partial charge in [0.25, 0.3) is 5.56 Å². The lowest BCUT2D eigenvalue weighted by Gasteiger charge is -2.23. The molecule has 26 heavy (non-hydrogen) atoms. The molecule has 4 nitrogen and oxygen atoms in total. The fourth-order valence-corrected chi connectivity index (χ4v) is 5.75. The van der Waals surface area contributed by atoms with Crippen molar-refractivity contribution in [1.82, 2.24) is 9.55 Å². The lowest BCUT2D eigenvalue weighted by Crippen LogP contribution is -2.41. The Hall–Kier alpha value is -1.46. The largest absolute Gasteiger partial charge is 0.328 e. The molecule has 1 N–H and O–H groups in total. The molecule has 1 aromatic heterocycles. The van der Waals surface area contributed by atoms with Crippen LogP contribution in [-0.4, -0.2) is 9.55 Å². The number of rotatable bonds is 4. The number of hydrogen-bond donors (Lipinski definition) is 1. The number of thioether (sulfide) groups is 1. The first-order valence-corrected chi connectivity index (χ1v) is 10.8. The monoisotopic (exact) mass is 390 g/mol. The minimum atomic E-state index is -0.231. The number of nitrogens with zero attached hydrogens (tertiary/aromatic N) is 1. The van der Waals surface area contributed by atoms with Crippen molar-refractivity contribution < 1.29 is 0 Å². The zero-order valence-corrected chi connectivity index (χ0v) is 16.2. The van der Waals surface area contributed by atoms with Crippen LogP contribution in [0.3, 0.4) is 0 Å². The van der Waals surface area contributed by atoms with Crippen LogP contribution in [0.4, 0.5) is 0 Å². The van der Waals surface area contributed by atoms with Gasteiger partial charge in [0.15, 0.2) is 0 Å². The van der Waals surface area contributed by atoms with Gasteiger partial charge in [-0.2, -0.15) is 0 Å². The van der Waals surface area contributed by atoms with Crippen molar-refractivity contribution in [1.29, 1.82) is 0 Å². The molecule has 1 heterocycles. The molecule has 1 unspecified atom stereocenters. The second-order valence-corrected chi connectivity index (χ2v) is 8.82. The van der Waals surface area contributed by atoms with E-state index in [4.69, 9.17) is 11.6 Å². The fourth-order valence-electron chi connectivity index (χ4n) is 4.18. The molecule has 6 heteroatoms. The molecule has 0 amide bonds. The van der Waals surface area contributed by atoms with Gasteiger partial charge in [-0.15, -0.1) is 11.8 Å². The van der Waals surface area contributed by atoms with E-state index in [-0.39, 0.29) is 22.5 Å². The van der Waals surface area contributed by atoms with E-state index in [0.717, 1.165) is 66.1 Å². The van der Waals surface area contributed by atoms with Crippen molar-refractivity contribution in [3.05, 3.63) is 66.9 Å². The number of nitrogens with one attached hydrogen (secondary N) is 1. The van der Waals surface area contributed by atoms with Crippen LogP contribution >= 0.6 is 23.4 Å². The highest BCUT2D eigenvalue weighted by atomic mass is 35.5. The summed E-state index contributed by atoms with van der Waals surface area (Å²) >= 11 is 7.99. The molecule has 1 fully saturated rings. The average Bonchev–Trinajstić information content (AvgIpc) is 3.05. The number of aromatic nitrogens is 2. The van der Waals surface area contributed by atoms with Crippen molar-refractivity contribution in [2.75, 3.05) is 0 Å². The molecule has 1 saturated carbocycles. The van der Waals surface area contributed by atoms with Gasteiger partial charge in [-0.3, -0.25) is 9.36 Å². The van der Waals surface area contributed by atoms with Crippen LogP contribution in [0.2, 0.25) is 5.02 Å². The second-order valence-electron chi connectivity index (χ2n) is 7.22. The van der Waals surface area contributed by atoms with Crippen molar-refractivity contribution in [2.24, 2.45) is 0 Å². The minimum absolute atomic E-state index is 0.0588. The van der Waals surface area contributed by atoms with E-state index in [1.807, 2.05) is 24.3 Å². The lowest BCUT2D eigenvalue weighted by molar-refractivity contribution is 0.335. The van der Waals surface area contributed by atoms with Gasteiger partial charge in [0.05, 0.1) is 0 Å². The van der Waals surface area contributed by atoms with Crippen molar-refractivity contribution in [3.8, 4) is 0 Å². The summed E-state index contributed by atoms with van der Waals surface area (Å²) < 4.78 is 1.50. The maximum absolute atomic E-state index is 13.0. The van der Waals surface area contributed by atoms with Gasteiger partial charge in [0.2, 0.25) is 0 Å². The predicted octanol–water partition coefficient (Wildman–Crippen LogP) is 4.62. The van der Waals surface area contributed by atoms with Crippen LogP contribution in [-0.2, 0) is 12.2 Å². The SMILES string of the molecule is O=c1[nH]c2c(c(=O)n1C1CCCCC1)CCC2SCc1ccccc1Cl. The third-order valence-electron chi connectivity index (χ3n) is 5.58. The third-order valence-corrected chi connectivity index (χ3v) is 7.30. The summed E-state index contributed by atoms with van der Waals surface area (Å²) in [6.45, 7) is 0. The van der Waals surface area contributed by atoms with Crippen LogP contribution in [0.1, 0.15) is 66.6 Å². The predicted molar refractivity (Wildman–Crippen MR) is 107 cm³/mol. The van der Waals surface area contributed by atoms with Gasteiger partial charge in [0, 0.05) is 33.3 Å². The van der Waals surface area contributed by atoms with E-state index in [2.05, 4.69) is 4.98 Å². The van der Waals surface area contributed by atoms with E-state index in [9.17, 15) is 9.59 Å². The molecule has 2 aliphatic carbocycles. The number of aromatic amines is 1. The highest BCUT2D eigenvalue weighted by Crippen LogP contribution is 2.40. The van der Waals surface area contributed by atoms with Crippen molar-refractivity contribution >= 4 is 23.4 Å². The Morgan fingerprint density at radius 2 is 1.88 bits per heavy atom. The standard InChI is InChI=1S/C20H23ClN2O2S/c21-16-9-5-4-6-13(16)12-26-17-11-10-15-18(17)22-20(25)23(19(15)24)14-7-2-1-3-8-14/h4-6,9,14,17H,1-3,7-8,10-12H2,(H,22,25). The third kappa shape index (κ3) is 3.39. The molecule has 1 atom stereocenters. The normalized spacial score (nSPS) is 20.3. The van der Waals surface area contributed by atoms with Gasteiger partial charge < -0.3 is 4.98 Å². The summed E-state index contributed by atoms with van der Waals surface area (Å²) in [7, 11) is 0. The number of fused-ring (bicyclic) bond motifs is 1. The Balaban J connectivity index is 1.58. The number of halogens is 1. The first-order chi connectivity index (χ1) is 12.6. The van der Waals surface area contributed by atoms with Gasteiger partial charge in [-0.05, 0) is 37.3 Å². The Morgan fingerprint density at radius 3 is 2.65 bits per heavy atom. The van der Waals surface area contributed by atoms with Crippen LogP contribution in [0.25, 0.3) is 0 Å². The molecule has 4 rings (SSSR count). The quantitative estimate of drug-likeness (QED) is 0.828. The van der Waals surface area contributed by atoms with Crippen LogP contribution < -0.4 is 11.2 Å². The average molecular weight is 391 g/mol. The molecule has 1 aromatic carbocycles. The van der Waals surface area contributed by atoms with Crippen LogP contribution in [0, 0.1) is 0 Å². The highest BCUT2D eigenvalue weighted by molar-refractivity contribution is 7.98. The van der Waals surface area contributed by atoms with Crippen molar-refractivity contribution in [3.63, 3.8) is 0 Å². The topological polar surface area (TPSA) is 54.9 Å². The first kappa shape index (κ1) is 17.9. The van der Waals surface area contributed by atoms with E-state index in [1.165, 1.54) is 11.0 Å². The van der Waals surface area contributed by atoms with E-state index < -0.39 is 0 Å². The second kappa shape index (κ2) is 7.65. The summed E-state index contributed by atoms with van der Waals surface area (Å²) in [6.07, 6.45) is 6.92. The van der Waals surface area contributed by atoms with E-state index >= 15 is 0 Å². The maximum atomic E-state index is 13.0. The Labute approximate surface area is 162 Å². The van der Waals surface area contributed by atoms with Gasteiger partial charge in [-0.25, -0.2) is 4.79 Å². The molecule has 138 valence electrons. The molecule has 2 aromatic rings. The fraction of sp³-hybridized carbons (Fsp3) is 0.500. The highest BCUT2D eigenvalue weighted by Gasteiger charge is 2.30. The van der Waals surface area contributed by atoms with E-state index in [0.29, 0.717) is 0 Å². The Morgan fingerprint density at radius 1 is 1.12 bits per heavy atom. The molecule has 0 spiro atoms. The number of benzene rings is 1. The zero-order chi connectivity index (χ0) is 18.1. The summed E-state index contributed by atoms with van der Waals surface area (Å²) in [5, 5.41) is 0.919. The molecule has 2 aliphatic rings. The summed E-state index contributed by atoms with van der Waals surface area (Å²) in [6, 6.07) is 7.89. The number of hydrogen-bond acceptors (Lipinski definition) is 3. The zero-order valence-electron chi connectivity index (χ0n) is 14.7. The van der Waals surface area contributed by atoms with E-state index in [1.54, 1.807) is 11.8 Å². The molecular formula is C20H23ClN2O2S. The minimum Gasteiger partial charge on any atom is -0.310 e. The molecule has 0 radical (unpaired) electrons. The first-order valence-electron chi connectivity index (χ1n) is 9.37. The summed E-state index contributed by atoms with van der Waals surface area (Å²) in [5.41, 5.74) is 2.45. The molecule has 0 bridgehead atoms. The smallest absolute Gasteiger partial charge is 0.310 e. The summed E-state index contributed by atoms with van der Waals surface area (Å²) in [5.74, 6) is 0.775.